The summed E-state index contributed by atoms with van der Waals surface area (Å²) >= 11 is 0. The number of carbonyl (C=O) groups is 1. The van der Waals surface area contributed by atoms with Gasteiger partial charge in [0.1, 0.15) is 0 Å². The summed E-state index contributed by atoms with van der Waals surface area (Å²) in [6.07, 6.45) is 3.17. The molecule has 20 heavy (non-hydrogen) atoms. The molecule has 1 amide bonds. The largest absolute Gasteiger partial charge is 0.385 e. The molecule has 4 nitrogen and oxygen atoms in total. The standard InChI is InChI=1S/C16H24N2O2/c1-20-12-6-10-17-16(19)13-18-11-5-9-15(18)14-7-3-2-4-8-14/h2-4,7-8,15H,5-6,9-13H2,1H3,(H,17,19). The van der Waals surface area contributed by atoms with E-state index >= 15 is 0 Å². The molecule has 1 unspecified atom stereocenters. The molecular weight excluding hydrogens is 252 g/mol. The van der Waals surface area contributed by atoms with Gasteiger partial charge in [-0.2, -0.15) is 0 Å². The molecule has 0 saturated carbocycles. The normalized spacial score (nSPS) is 19.1. The predicted molar refractivity (Wildman–Crippen MR) is 79.5 cm³/mol. The molecule has 1 atom stereocenters. The zero-order chi connectivity index (χ0) is 14.2. The van der Waals surface area contributed by atoms with E-state index in [0.717, 1.165) is 25.8 Å². The number of carbonyl (C=O) groups excluding carboxylic acids is 1. The molecule has 1 N–H and O–H groups in total. The molecule has 1 aromatic carbocycles. The lowest BCUT2D eigenvalue weighted by Gasteiger charge is -2.24. The van der Waals surface area contributed by atoms with Gasteiger partial charge in [-0.15, -0.1) is 0 Å². The van der Waals surface area contributed by atoms with Gasteiger partial charge in [0.2, 0.25) is 5.91 Å². The monoisotopic (exact) mass is 276 g/mol. The van der Waals surface area contributed by atoms with Crippen molar-refractivity contribution in [3.05, 3.63) is 35.9 Å². The first kappa shape index (κ1) is 15.0. The van der Waals surface area contributed by atoms with Crippen LogP contribution >= 0.6 is 0 Å². The number of amides is 1. The number of methoxy groups -OCH3 is 1. The van der Waals surface area contributed by atoms with E-state index in [-0.39, 0.29) is 5.91 Å². The predicted octanol–water partition coefficient (Wildman–Crippen LogP) is 1.98. The minimum atomic E-state index is 0.115. The second kappa shape index (κ2) is 8.02. The lowest BCUT2D eigenvalue weighted by atomic mass is 10.0. The van der Waals surface area contributed by atoms with Crippen LogP contribution in [0.4, 0.5) is 0 Å². The number of nitrogens with zero attached hydrogens (tertiary/aromatic N) is 1. The number of benzene rings is 1. The van der Waals surface area contributed by atoms with Crippen LogP contribution in [0.1, 0.15) is 30.9 Å². The molecule has 1 aliphatic rings. The first-order chi connectivity index (χ1) is 9.81. The highest BCUT2D eigenvalue weighted by molar-refractivity contribution is 5.78. The molecule has 0 spiro atoms. The first-order valence-electron chi connectivity index (χ1n) is 7.36. The van der Waals surface area contributed by atoms with Gasteiger partial charge in [0, 0.05) is 26.3 Å². The number of ether oxygens (including phenoxy) is 1. The van der Waals surface area contributed by atoms with E-state index in [1.165, 1.54) is 5.56 Å². The summed E-state index contributed by atoms with van der Waals surface area (Å²) < 4.78 is 4.97. The average Bonchev–Trinajstić information content (AvgIpc) is 2.92. The highest BCUT2D eigenvalue weighted by atomic mass is 16.5. The second-order valence-corrected chi connectivity index (χ2v) is 5.24. The molecule has 110 valence electrons. The van der Waals surface area contributed by atoms with Crippen LogP contribution in [-0.2, 0) is 9.53 Å². The van der Waals surface area contributed by atoms with Gasteiger partial charge < -0.3 is 10.1 Å². The van der Waals surface area contributed by atoms with E-state index in [9.17, 15) is 4.79 Å². The molecule has 0 aliphatic carbocycles. The number of hydrogen-bond acceptors (Lipinski definition) is 3. The van der Waals surface area contributed by atoms with Gasteiger partial charge in [-0.1, -0.05) is 30.3 Å². The lowest BCUT2D eigenvalue weighted by molar-refractivity contribution is -0.122. The van der Waals surface area contributed by atoms with Crippen LogP contribution in [0.5, 0.6) is 0 Å². The molecule has 1 aromatic rings. The summed E-state index contributed by atoms with van der Waals surface area (Å²) in [4.78, 5) is 14.2. The third kappa shape index (κ3) is 4.32. The zero-order valence-electron chi connectivity index (χ0n) is 12.2. The smallest absolute Gasteiger partial charge is 0.234 e. The SMILES string of the molecule is COCCCNC(=O)CN1CCCC1c1ccccc1. The van der Waals surface area contributed by atoms with Crippen LogP contribution in [-0.4, -0.2) is 44.2 Å². The van der Waals surface area contributed by atoms with Crippen LogP contribution < -0.4 is 5.32 Å². The summed E-state index contributed by atoms with van der Waals surface area (Å²) in [6.45, 7) is 2.88. The van der Waals surface area contributed by atoms with Gasteiger partial charge in [-0.25, -0.2) is 0 Å². The van der Waals surface area contributed by atoms with Crippen molar-refractivity contribution in [1.82, 2.24) is 10.2 Å². The Kier molecular flexibility index (Phi) is 6.02. The van der Waals surface area contributed by atoms with Crippen molar-refractivity contribution in [2.75, 3.05) is 33.4 Å². The summed E-state index contributed by atoms with van der Waals surface area (Å²) in [5.41, 5.74) is 1.32. The van der Waals surface area contributed by atoms with Crippen molar-refractivity contribution in [3.8, 4) is 0 Å². The van der Waals surface area contributed by atoms with Crippen molar-refractivity contribution in [2.45, 2.75) is 25.3 Å². The molecule has 0 bridgehead atoms. The van der Waals surface area contributed by atoms with Crippen LogP contribution in [0.25, 0.3) is 0 Å². The molecule has 1 fully saturated rings. The van der Waals surface area contributed by atoms with E-state index in [0.29, 0.717) is 25.7 Å². The topological polar surface area (TPSA) is 41.6 Å². The number of likely N-dealkylation sites (tertiary alicyclic amines) is 1. The highest BCUT2D eigenvalue weighted by Gasteiger charge is 2.27. The van der Waals surface area contributed by atoms with Crippen molar-refractivity contribution >= 4 is 5.91 Å². The highest BCUT2D eigenvalue weighted by Crippen LogP contribution is 2.31. The number of hydrogen-bond donors (Lipinski definition) is 1. The number of nitrogens with one attached hydrogen (secondary N) is 1. The van der Waals surface area contributed by atoms with Crippen molar-refractivity contribution in [3.63, 3.8) is 0 Å². The quantitative estimate of drug-likeness (QED) is 0.774. The van der Waals surface area contributed by atoms with E-state index < -0.39 is 0 Å². The Labute approximate surface area is 121 Å². The summed E-state index contributed by atoms with van der Waals surface area (Å²) in [5.74, 6) is 0.115. The van der Waals surface area contributed by atoms with Gasteiger partial charge in [0.05, 0.1) is 6.54 Å². The molecule has 1 saturated heterocycles. The maximum atomic E-state index is 11.9. The fourth-order valence-corrected chi connectivity index (χ4v) is 2.75. The molecule has 0 aromatic heterocycles. The minimum Gasteiger partial charge on any atom is -0.385 e. The van der Waals surface area contributed by atoms with Crippen molar-refractivity contribution < 1.29 is 9.53 Å². The van der Waals surface area contributed by atoms with E-state index in [4.69, 9.17) is 4.74 Å². The second-order valence-electron chi connectivity index (χ2n) is 5.24. The summed E-state index contributed by atoms with van der Waals surface area (Å²) in [5, 5.41) is 2.96. The first-order valence-corrected chi connectivity index (χ1v) is 7.36. The Hall–Kier alpha value is -1.39. The minimum absolute atomic E-state index is 0.115. The van der Waals surface area contributed by atoms with Crippen molar-refractivity contribution in [2.24, 2.45) is 0 Å². The van der Waals surface area contributed by atoms with Crippen LogP contribution in [0, 0.1) is 0 Å². The van der Waals surface area contributed by atoms with Crippen LogP contribution in [0.15, 0.2) is 30.3 Å². The fourth-order valence-electron chi connectivity index (χ4n) is 2.75. The summed E-state index contributed by atoms with van der Waals surface area (Å²) in [6, 6.07) is 10.9. The average molecular weight is 276 g/mol. The lowest BCUT2D eigenvalue weighted by Crippen LogP contribution is -2.37. The zero-order valence-corrected chi connectivity index (χ0v) is 12.2. The van der Waals surface area contributed by atoms with Gasteiger partial charge >= 0.3 is 0 Å². The molecule has 2 rings (SSSR count). The third-order valence-corrected chi connectivity index (χ3v) is 3.74. The Morgan fingerprint density at radius 1 is 1.40 bits per heavy atom. The Morgan fingerprint density at radius 2 is 2.20 bits per heavy atom. The maximum Gasteiger partial charge on any atom is 0.234 e. The molecule has 4 heteroatoms. The van der Waals surface area contributed by atoms with Crippen LogP contribution in [0.3, 0.4) is 0 Å². The van der Waals surface area contributed by atoms with Gasteiger partial charge in [0.15, 0.2) is 0 Å². The van der Waals surface area contributed by atoms with E-state index in [1.54, 1.807) is 7.11 Å². The number of rotatable bonds is 7. The van der Waals surface area contributed by atoms with Crippen molar-refractivity contribution in [1.29, 1.82) is 0 Å². The van der Waals surface area contributed by atoms with Crippen LogP contribution in [0.2, 0.25) is 0 Å². The summed E-state index contributed by atoms with van der Waals surface area (Å²) in [7, 11) is 1.68. The van der Waals surface area contributed by atoms with E-state index in [1.807, 2.05) is 6.07 Å². The molecular formula is C16H24N2O2. The Bertz CT molecular complexity index is 408. The van der Waals surface area contributed by atoms with Gasteiger partial charge in [-0.05, 0) is 31.4 Å². The maximum absolute atomic E-state index is 11.9. The fraction of sp³-hybridized carbons (Fsp3) is 0.562. The third-order valence-electron chi connectivity index (χ3n) is 3.74. The Balaban J connectivity index is 1.81. The molecule has 0 radical (unpaired) electrons. The molecule has 1 aliphatic heterocycles. The Morgan fingerprint density at radius 3 is 2.95 bits per heavy atom. The molecule has 1 heterocycles. The van der Waals surface area contributed by atoms with E-state index in [2.05, 4.69) is 34.5 Å². The van der Waals surface area contributed by atoms with Gasteiger partial charge in [0.25, 0.3) is 0 Å². The van der Waals surface area contributed by atoms with Gasteiger partial charge in [-0.3, -0.25) is 9.69 Å².